The zero-order valence-corrected chi connectivity index (χ0v) is 15.9. The number of alkyl carbamates (subject to hydrolysis) is 1. The Hall–Kier alpha value is -3.06. The molecular weight excluding hydrogens is 358 g/mol. The number of carbonyl (C=O) groups excluding carboxylic acids is 2. The van der Waals surface area contributed by atoms with Gasteiger partial charge in [-0.05, 0) is 49.6 Å². The summed E-state index contributed by atoms with van der Waals surface area (Å²) >= 11 is 0. The minimum atomic E-state index is -0.744. The van der Waals surface area contributed by atoms with E-state index in [-0.39, 0.29) is 24.3 Å². The van der Waals surface area contributed by atoms with Crippen LogP contribution in [0.5, 0.6) is 5.75 Å². The van der Waals surface area contributed by atoms with E-state index in [4.69, 9.17) is 10.5 Å². The van der Waals surface area contributed by atoms with Crippen LogP contribution in [0.4, 0.5) is 4.79 Å². The molecular formula is C21H27N3O4. The smallest absolute Gasteiger partial charge is 0.408 e. The molecule has 2 atom stereocenters. The van der Waals surface area contributed by atoms with E-state index >= 15 is 0 Å². The molecule has 0 saturated carbocycles. The predicted molar refractivity (Wildman–Crippen MR) is 107 cm³/mol. The zero-order valence-electron chi connectivity index (χ0n) is 15.9. The van der Waals surface area contributed by atoms with Gasteiger partial charge in [-0.3, -0.25) is 4.79 Å². The largest absolute Gasteiger partial charge is 0.508 e. The number of ether oxygens (including phenoxy) is 1. The molecule has 0 aliphatic carbocycles. The first-order valence-electron chi connectivity index (χ1n) is 9.26. The van der Waals surface area contributed by atoms with Gasteiger partial charge in [-0.2, -0.15) is 0 Å². The van der Waals surface area contributed by atoms with Crippen LogP contribution < -0.4 is 16.4 Å². The molecule has 1 unspecified atom stereocenters. The summed E-state index contributed by atoms with van der Waals surface area (Å²) in [5.74, 6) is -0.156. The number of phenolic OH excluding ortho intramolecular Hbond substituents is 1. The van der Waals surface area contributed by atoms with Gasteiger partial charge in [0.1, 0.15) is 18.4 Å². The van der Waals surface area contributed by atoms with Gasteiger partial charge < -0.3 is 26.2 Å². The molecule has 0 fully saturated rings. The lowest BCUT2D eigenvalue weighted by molar-refractivity contribution is -0.123. The number of amides is 2. The van der Waals surface area contributed by atoms with Crippen LogP contribution in [-0.4, -0.2) is 29.7 Å². The van der Waals surface area contributed by atoms with Crippen molar-refractivity contribution in [2.45, 2.75) is 38.5 Å². The zero-order chi connectivity index (χ0) is 20.4. The SMILES string of the molecule is CC(NC(=O)[C@@H](CCCN)NC(=O)OCc1ccccc1)c1ccc(O)cc1. The van der Waals surface area contributed by atoms with Crippen molar-refractivity contribution in [2.75, 3.05) is 6.54 Å². The fourth-order valence-electron chi connectivity index (χ4n) is 2.66. The fraction of sp³-hybridized carbons (Fsp3) is 0.333. The third-order valence-corrected chi connectivity index (χ3v) is 4.27. The average Bonchev–Trinajstić information content (AvgIpc) is 2.70. The van der Waals surface area contributed by atoms with E-state index in [2.05, 4.69) is 10.6 Å². The van der Waals surface area contributed by atoms with Crippen LogP contribution >= 0.6 is 0 Å². The van der Waals surface area contributed by atoms with E-state index in [0.29, 0.717) is 19.4 Å². The van der Waals surface area contributed by atoms with Gasteiger partial charge in [0, 0.05) is 0 Å². The summed E-state index contributed by atoms with van der Waals surface area (Å²) in [6.07, 6.45) is 0.341. The van der Waals surface area contributed by atoms with Crippen molar-refractivity contribution < 1.29 is 19.4 Å². The number of nitrogens with two attached hydrogens (primary N) is 1. The van der Waals surface area contributed by atoms with E-state index < -0.39 is 12.1 Å². The molecule has 0 aliphatic heterocycles. The Morgan fingerprint density at radius 2 is 1.75 bits per heavy atom. The number of aromatic hydroxyl groups is 1. The van der Waals surface area contributed by atoms with E-state index in [1.54, 1.807) is 24.3 Å². The highest BCUT2D eigenvalue weighted by molar-refractivity contribution is 5.85. The molecule has 0 radical (unpaired) electrons. The maximum Gasteiger partial charge on any atom is 0.408 e. The van der Waals surface area contributed by atoms with Gasteiger partial charge in [-0.15, -0.1) is 0 Å². The van der Waals surface area contributed by atoms with Gasteiger partial charge >= 0.3 is 6.09 Å². The van der Waals surface area contributed by atoms with Gasteiger partial charge in [0.2, 0.25) is 5.91 Å². The third-order valence-electron chi connectivity index (χ3n) is 4.27. The second-order valence-electron chi connectivity index (χ2n) is 6.51. The van der Waals surface area contributed by atoms with Crippen molar-refractivity contribution >= 4 is 12.0 Å². The third kappa shape index (κ3) is 6.92. The molecule has 2 aromatic rings. The minimum absolute atomic E-state index is 0.127. The summed E-state index contributed by atoms with van der Waals surface area (Å²) in [6.45, 7) is 2.37. The highest BCUT2D eigenvalue weighted by Crippen LogP contribution is 2.16. The lowest BCUT2D eigenvalue weighted by Gasteiger charge is -2.21. The van der Waals surface area contributed by atoms with Crippen LogP contribution in [-0.2, 0) is 16.1 Å². The summed E-state index contributed by atoms with van der Waals surface area (Å²) in [5, 5.41) is 14.9. The summed E-state index contributed by atoms with van der Waals surface area (Å²) in [4.78, 5) is 24.8. The van der Waals surface area contributed by atoms with Crippen molar-refractivity contribution in [3.05, 3.63) is 65.7 Å². The summed E-state index contributed by atoms with van der Waals surface area (Å²) in [5.41, 5.74) is 7.26. The molecule has 0 saturated heterocycles. The maximum absolute atomic E-state index is 12.6. The second kappa shape index (κ2) is 10.9. The fourth-order valence-corrected chi connectivity index (χ4v) is 2.66. The number of rotatable bonds is 9. The van der Waals surface area contributed by atoms with E-state index in [1.807, 2.05) is 37.3 Å². The molecule has 0 aliphatic rings. The van der Waals surface area contributed by atoms with Crippen molar-refractivity contribution in [1.82, 2.24) is 10.6 Å². The van der Waals surface area contributed by atoms with Crippen LogP contribution in [0.2, 0.25) is 0 Å². The monoisotopic (exact) mass is 385 g/mol. The van der Waals surface area contributed by atoms with Crippen molar-refractivity contribution in [3.8, 4) is 5.75 Å². The Labute approximate surface area is 164 Å². The number of phenols is 1. The van der Waals surface area contributed by atoms with Crippen LogP contribution in [0.15, 0.2) is 54.6 Å². The summed E-state index contributed by atoms with van der Waals surface area (Å²) < 4.78 is 5.20. The molecule has 0 spiro atoms. The number of benzene rings is 2. The molecule has 2 rings (SSSR count). The molecule has 0 aromatic heterocycles. The molecule has 7 heteroatoms. The topological polar surface area (TPSA) is 114 Å². The van der Waals surface area contributed by atoms with Crippen molar-refractivity contribution in [3.63, 3.8) is 0 Å². The quantitative estimate of drug-likeness (QED) is 0.530. The van der Waals surface area contributed by atoms with E-state index in [9.17, 15) is 14.7 Å². The number of nitrogens with one attached hydrogen (secondary N) is 2. The Balaban J connectivity index is 1.91. The predicted octanol–water partition coefficient (Wildman–Crippen LogP) is 2.60. The van der Waals surface area contributed by atoms with Gasteiger partial charge in [0.25, 0.3) is 0 Å². The number of hydrogen-bond acceptors (Lipinski definition) is 5. The van der Waals surface area contributed by atoms with Crippen LogP contribution in [0.25, 0.3) is 0 Å². The van der Waals surface area contributed by atoms with Crippen molar-refractivity contribution in [2.24, 2.45) is 5.73 Å². The summed E-state index contributed by atoms with van der Waals surface area (Å²) in [6, 6.07) is 14.9. The number of carbonyl (C=O) groups is 2. The molecule has 0 bridgehead atoms. The van der Waals surface area contributed by atoms with Crippen LogP contribution in [0.1, 0.15) is 36.9 Å². The van der Waals surface area contributed by atoms with E-state index in [0.717, 1.165) is 11.1 Å². The minimum Gasteiger partial charge on any atom is -0.508 e. The van der Waals surface area contributed by atoms with Gasteiger partial charge in [0.05, 0.1) is 6.04 Å². The molecule has 28 heavy (non-hydrogen) atoms. The molecule has 2 amide bonds. The van der Waals surface area contributed by atoms with Gasteiger partial charge in [0.15, 0.2) is 0 Å². The Morgan fingerprint density at radius 1 is 1.07 bits per heavy atom. The second-order valence-corrected chi connectivity index (χ2v) is 6.51. The molecule has 5 N–H and O–H groups in total. The molecule has 0 heterocycles. The first-order valence-corrected chi connectivity index (χ1v) is 9.26. The molecule has 150 valence electrons. The standard InChI is InChI=1S/C21H27N3O4/c1-15(17-9-11-18(25)12-10-17)23-20(26)19(8-5-13-22)24-21(27)28-14-16-6-3-2-4-7-16/h2-4,6-7,9-12,15,19,25H,5,8,13-14,22H2,1H3,(H,23,26)(H,24,27)/t15?,19-/m1/s1. The maximum atomic E-state index is 12.6. The van der Waals surface area contributed by atoms with Crippen LogP contribution in [0, 0.1) is 0 Å². The van der Waals surface area contributed by atoms with E-state index in [1.165, 1.54) is 0 Å². The number of hydrogen-bond donors (Lipinski definition) is 4. The average molecular weight is 385 g/mol. The first-order chi connectivity index (χ1) is 13.5. The Kier molecular flexibility index (Phi) is 8.30. The Bertz CT molecular complexity index is 750. The van der Waals surface area contributed by atoms with Gasteiger partial charge in [-0.1, -0.05) is 42.5 Å². The van der Waals surface area contributed by atoms with Gasteiger partial charge in [-0.25, -0.2) is 4.79 Å². The highest BCUT2D eigenvalue weighted by atomic mass is 16.5. The summed E-state index contributed by atoms with van der Waals surface area (Å²) in [7, 11) is 0. The Morgan fingerprint density at radius 3 is 2.39 bits per heavy atom. The van der Waals surface area contributed by atoms with Crippen molar-refractivity contribution in [1.29, 1.82) is 0 Å². The lowest BCUT2D eigenvalue weighted by atomic mass is 10.1. The normalized spacial score (nSPS) is 12.6. The highest BCUT2D eigenvalue weighted by Gasteiger charge is 2.22. The lowest BCUT2D eigenvalue weighted by Crippen LogP contribution is -2.47. The molecule has 2 aromatic carbocycles. The van der Waals surface area contributed by atoms with Crippen LogP contribution in [0.3, 0.4) is 0 Å². The molecule has 7 nitrogen and oxygen atoms in total. The first kappa shape index (κ1) is 21.2.